The lowest BCUT2D eigenvalue weighted by Crippen LogP contribution is -2.65. The Kier molecular flexibility index (Phi) is 11.5. The molecule has 9 aliphatic rings. The van der Waals surface area contributed by atoms with Crippen LogP contribution in [0.15, 0.2) is 0 Å². The van der Waals surface area contributed by atoms with Gasteiger partial charge in [0.1, 0.15) is 54.9 Å². The van der Waals surface area contributed by atoms with E-state index in [9.17, 15) is 51.1 Å². The van der Waals surface area contributed by atoms with Crippen molar-refractivity contribution in [2.75, 3.05) is 19.8 Å². The molecule has 0 aromatic heterocycles. The quantitative estimate of drug-likeness (QED) is 0.142. The van der Waals surface area contributed by atoms with Crippen LogP contribution in [0.25, 0.3) is 0 Å². The average Bonchev–Trinajstić information content (AvgIpc) is 3.56. The zero-order chi connectivity index (χ0) is 44.9. The summed E-state index contributed by atoms with van der Waals surface area (Å²) in [4.78, 5) is 0. The molecule has 0 unspecified atom stereocenters. The van der Waals surface area contributed by atoms with Crippen LogP contribution >= 0.6 is 0 Å². The summed E-state index contributed by atoms with van der Waals surface area (Å²) in [6.45, 7) is 13.8. The third-order valence-electron chi connectivity index (χ3n) is 18.9. The van der Waals surface area contributed by atoms with Crippen LogP contribution in [0.2, 0.25) is 0 Å². The SMILES string of the molecule is CC(C)(O)[C@@H]1CC[C@](C)([C@H]2[C@@H](O)C[C@@]3(C)[C@@H]4C[C@H](O[C@H]5OC[C@@H](O)[C@H](O)[C@@H]5O)[C@@H]5C(C)(C)[C@@H](O[C@H]6OC[C@H](O)[C@@H](O)[C@H]6O[C@H]6OC[C@@H](O)[C@H](O)[C@@H]6O)CC[C@@]56C[C@@]46CC[C@]23C)O1. The predicted octanol–water partition coefficient (Wildman–Crippen LogP) is -0.173. The topological polar surface area (TPSA) is 267 Å². The zero-order valence-electron chi connectivity index (χ0n) is 37.3. The molecule has 0 bridgehead atoms. The Morgan fingerprint density at radius 1 is 0.565 bits per heavy atom. The van der Waals surface area contributed by atoms with E-state index in [1.54, 1.807) is 13.8 Å². The number of hydrogen-bond acceptors (Lipinski definition) is 17. The predicted molar refractivity (Wildman–Crippen MR) is 214 cm³/mol. The van der Waals surface area contributed by atoms with Crippen LogP contribution in [-0.4, -0.2) is 180 Å². The number of aliphatic hydroxyl groups excluding tert-OH is 9. The molecule has 356 valence electrons. The average molecular weight is 887 g/mol. The molecule has 4 aliphatic heterocycles. The molecule has 5 aliphatic carbocycles. The minimum absolute atomic E-state index is 0.0927. The molecule has 17 heteroatoms. The summed E-state index contributed by atoms with van der Waals surface area (Å²) in [5, 5.41) is 109. The number of aliphatic hydroxyl groups is 10. The first-order chi connectivity index (χ1) is 28.8. The largest absolute Gasteiger partial charge is 0.393 e. The lowest BCUT2D eigenvalue weighted by Gasteiger charge is -2.65. The Hall–Kier alpha value is -0.680. The lowest BCUT2D eigenvalue weighted by atomic mass is 9.41. The maximum absolute atomic E-state index is 12.3. The third-order valence-corrected chi connectivity index (χ3v) is 18.9. The van der Waals surface area contributed by atoms with Crippen LogP contribution in [-0.2, 0) is 33.2 Å². The zero-order valence-corrected chi connectivity index (χ0v) is 37.3. The van der Waals surface area contributed by atoms with Gasteiger partial charge in [-0.2, -0.15) is 0 Å². The van der Waals surface area contributed by atoms with Crippen molar-refractivity contribution >= 4 is 0 Å². The molecule has 4 saturated heterocycles. The number of fused-ring (bicyclic) bond motifs is 2. The second-order valence-corrected chi connectivity index (χ2v) is 23.0. The summed E-state index contributed by atoms with van der Waals surface area (Å²) in [7, 11) is 0. The smallest absolute Gasteiger partial charge is 0.186 e. The van der Waals surface area contributed by atoms with Crippen LogP contribution < -0.4 is 0 Å². The highest BCUT2D eigenvalue weighted by molar-refractivity contribution is 5.33. The molecule has 24 atom stereocenters. The van der Waals surface area contributed by atoms with E-state index >= 15 is 0 Å². The van der Waals surface area contributed by atoms with Crippen molar-refractivity contribution in [2.45, 2.75) is 216 Å². The minimum atomic E-state index is -1.65. The monoisotopic (exact) mass is 886 g/mol. The lowest BCUT2D eigenvalue weighted by molar-refractivity contribution is -0.359. The Morgan fingerprint density at radius 2 is 1.15 bits per heavy atom. The second kappa shape index (κ2) is 15.4. The van der Waals surface area contributed by atoms with Gasteiger partial charge in [-0.25, -0.2) is 0 Å². The highest BCUT2D eigenvalue weighted by atomic mass is 16.8. The molecule has 9 rings (SSSR count). The Bertz CT molecular complexity index is 1660. The van der Waals surface area contributed by atoms with Crippen LogP contribution in [0.1, 0.15) is 106 Å². The Labute approximate surface area is 363 Å². The van der Waals surface area contributed by atoms with Crippen molar-refractivity contribution in [1.29, 1.82) is 0 Å². The normalized spacial score (nSPS) is 58.5. The van der Waals surface area contributed by atoms with Gasteiger partial charge in [-0.3, -0.25) is 0 Å². The molecule has 17 nitrogen and oxygen atoms in total. The molecule has 0 amide bonds. The molecular weight excluding hydrogens is 812 g/mol. The maximum Gasteiger partial charge on any atom is 0.186 e. The first-order valence-electron chi connectivity index (χ1n) is 23.2. The van der Waals surface area contributed by atoms with Crippen molar-refractivity contribution in [3.8, 4) is 0 Å². The summed E-state index contributed by atoms with van der Waals surface area (Å²) in [6.07, 6.45) is -12.2. The molecule has 0 aromatic carbocycles. The minimum Gasteiger partial charge on any atom is -0.393 e. The summed E-state index contributed by atoms with van der Waals surface area (Å²) >= 11 is 0. The Morgan fingerprint density at radius 3 is 1.74 bits per heavy atom. The standard InChI is InChI=1S/C45H74O17/c1-39(2)26(60-38-33(30(52)23(49)18-58-38)61-37-32(54)29(51)22(48)17-57-37)9-11-45-19-44(45)13-12-41(5)34(43(7)10-8-27(62-43)40(3,4)55)20(46)15-42(41,6)25(44)14-24(35(39)45)59-36-31(53)28(50)21(47)16-56-36/h20-38,46-55H,8-19H2,1-7H3/t20-,21+,22+,23-,24-,25-,26-,27-,28-,29-,30+,31-,32-,33+,34-,35+,36+,37+,38+,41+,42-,43+,44-,45+/m0/s1. The van der Waals surface area contributed by atoms with Gasteiger partial charge in [-0.1, -0.05) is 27.7 Å². The van der Waals surface area contributed by atoms with Gasteiger partial charge < -0.3 is 84.2 Å². The van der Waals surface area contributed by atoms with Crippen LogP contribution in [0.5, 0.6) is 0 Å². The van der Waals surface area contributed by atoms with Gasteiger partial charge in [0.15, 0.2) is 18.9 Å². The first kappa shape index (κ1) is 46.4. The summed E-state index contributed by atoms with van der Waals surface area (Å²) < 4.78 is 44.0. The van der Waals surface area contributed by atoms with E-state index in [4.69, 9.17) is 33.2 Å². The van der Waals surface area contributed by atoms with Crippen molar-refractivity contribution < 1.29 is 84.2 Å². The molecular formula is C45H74O17. The third kappa shape index (κ3) is 6.72. The van der Waals surface area contributed by atoms with Crippen LogP contribution in [0.4, 0.5) is 0 Å². The molecule has 9 fully saturated rings. The Balaban J connectivity index is 1.03. The maximum atomic E-state index is 12.3. The van der Waals surface area contributed by atoms with E-state index in [0.717, 1.165) is 32.1 Å². The molecule has 62 heavy (non-hydrogen) atoms. The van der Waals surface area contributed by atoms with E-state index in [2.05, 4.69) is 34.6 Å². The number of hydrogen-bond donors (Lipinski definition) is 10. The van der Waals surface area contributed by atoms with Gasteiger partial charge in [-0.15, -0.1) is 0 Å². The number of ether oxygens (including phenoxy) is 7. The summed E-state index contributed by atoms with van der Waals surface area (Å²) in [6, 6.07) is 0. The second-order valence-electron chi connectivity index (χ2n) is 23.0. The van der Waals surface area contributed by atoms with Crippen molar-refractivity contribution in [2.24, 2.45) is 44.8 Å². The van der Waals surface area contributed by atoms with Gasteiger partial charge in [0, 0.05) is 5.92 Å². The van der Waals surface area contributed by atoms with Crippen molar-refractivity contribution in [3.05, 3.63) is 0 Å². The van der Waals surface area contributed by atoms with E-state index in [0.29, 0.717) is 25.7 Å². The van der Waals surface area contributed by atoms with Gasteiger partial charge in [0.25, 0.3) is 0 Å². The van der Waals surface area contributed by atoms with Gasteiger partial charge in [-0.05, 0) is 117 Å². The number of rotatable bonds is 8. The highest BCUT2D eigenvalue weighted by Crippen LogP contribution is 2.89. The van der Waals surface area contributed by atoms with E-state index in [1.165, 1.54) is 0 Å². The van der Waals surface area contributed by atoms with Gasteiger partial charge in [0.2, 0.25) is 0 Å². The summed E-state index contributed by atoms with van der Waals surface area (Å²) in [5.41, 5.74) is -3.33. The molecule has 10 N–H and O–H groups in total. The molecule has 4 heterocycles. The molecule has 0 aromatic rings. The highest BCUT2D eigenvalue weighted by Gasteiger charge is 2.85. The van der Waals surface area contributed by atoms with Crippen molar-refractivity contribution in [1.82, 2.24) is 0 Å². The fraction of sp³-hybridized carbons (Fsp3) is 1.00. The summed E-state index contributed by atoms with van der Waals surface area (Å²) in [5.74, 6) is -0.256. The molecule has 0 radical (unpaired) electrons. The van der Waals surface area contributed by atoms with E-state index in [1.807, 2.05) is 0 Å². The fourth-order valence-electron chi connectivity index (χ4n) is 15.8. The van der Waals surface area contributed by atoms with Gasteiger partial charge >= 0.3 is 0 Å². The van der Waals surface area contributed by atoms with Gasteiger partial charge in [0.05, 0.1) is 55.4 Å². The van der Waals surface area contributed by atoms with Crippen molar-refractivity contribution in [3.63, 3.8) is 0 Å². The van der Waals surface area contributed by atoms with E-state index in [-0.39, 0.29) is 65.3 Å². The first-order valence-corrected chi connectivity index (χ1v) is 23.2. The van der Waals surface area contributed by atoms with Crippen LogP contribution in [0, 0.1) is 44.8 Å². The molecule has 5 saturated carbocycles. The van der Waals surface area contributed by atoms with E-state index < -0.39 is 109 Å². The molecule has 2 spiro atoms. The fourth-order valence-corrected chi connectivity index (χ4v) is 15.8. The van der Waals surface area contributed by atoms with Crippen LogP contribution in [0.3, 0.4) is 0 Å².